The Morgan fingerprint density at radius 3 is 2.86 bits per heavy atom. The molecule has 0 saturated carbocycles. The minimum atomic E-state index is -0.345. The molecule has 1 N–H and O–H groups in total. The first-order valence-corrected chi connectivity index (χ1v) is 7.53. The van der Waals surface area contributed by atoms with Crippen LogP contribution in [0.5, 0.6) is 0 Å². The molecule has 2 heterocycles. The second kappa shape index (κ2) is 7.77. The Labute approximate surface area is 130 Å². The largest absolute Gasteiger partial charge is 0.468 e. The molecule has 0 atom stereocenters. The zero-order valence-electron chi connectivity index (χ0n) is 13.4. The Hall–Kier alpha value is -2.12. The van der Waals surface area contributed by atoms with Crippen LogP contribution in [0, 0.1) is 5.92 Å². The van der Waals surface area contributed by atoms with E-state index in [1.165, 1.54) is 24.6 Å². The fourth-order valence-corrected chi connectivity index (χ4v) is 2.42. The van der Waals surface area contributed by atoms with Gasteiger partial charge < -0.3 is 15.0 Å². The van der Waals surface area contributed by atoms with Gasteiger partial charge in [-0.15, -0.1) is 5.10 Å². The fourth-order valence-electron chi connectivity index (χ4n) is 2.42. The number of carbonyl (C=O) groups is 1. The molecule has 0 aromatic carbocycles. The van der Waals surface area contributed by atoms with Gasteiger partial charge in [0.15, 0.2) is 5.96 Å². The van der Waals surface area contributed by atoms with Crippen LogP contribution >= 0.6 is 0 Å². The number of methoxy groups -OCH3 is 1. The van der Waals surface area contributed by atoms with Gasteiger partial charge in [-0.1, -0.05) is 12.1 Å². The Morgan fingerprint density at radius 1 is 1.50 bits per heavy atom. The van der Waals surface area contributed by atoms with Gasteiger partial charge in [-0.25, -0.2) is 4.68 Å². The molecule has 8 nitrogen and oxygen atoms in total. The highest BCUT2D eigenvalue weighted by molar-refractivity contribution is 5.79. The van der Waals surface area contributed by atoms with Crippen molar-refractivity contribution in [3.63, 3.8) is 0 Å². The second-order valence-corrected chi connectivity index (χ2v) is 5.55. The van der Waals surface area contributed by atoms with Crippen LogP contribution in [0.2, 0.25) is 0 Å². The van der Waals surface area contributed by atoms with Gasteiger partial charge in [-0.05, 0) is 18.8 Å². The maximum atomic E-state index is 11.2. The molecule has 0 unspecified atom stereocenters. The normalized spacial score (nSPS) is 16.7. The van der Waals surface area contributed by atoms with Gasteiger partial charge in [-0.3, -0.25) is 9.79 Å². The van der Waals surface area contributed by atoms with Crippen molar-refractivity contribution in [1.29, 1.82) is 0 Å². The number of esters is 1. The Kier molecular flexibility index (Phi) is 5.74. The Morgan fingerprint density at radius 2 is 2.23 bits per heavy atom. The first kappa shape index (κ1) is 16.3. The van der Waals surface area contributed by atoms with Crippen molar-refractivity contribution >= 4 is 11.9 Å². The third kappa shape index (κ3) is 4.44. The topological polar surface area (TPSA) is 84.6 Å². The van der Waals surface area contributed by atoms with E-state index in [0.29, 0.717) is 6.54 Å². The van der Waals surface area contributed by atoms with E-state index in [9.17, 15) is 4.79 Å². The SMILES string of the molecule is CN=C(NCc1cn(CC(=O)OC)nn1)N1CCC(C)CC1. The van der Waals surface area contributed by atoms with Crippen LogP contribution in [-0.2, 0) is 22.6 Å². The van der Waals surface area contributed by atoms with Crippen LogP contribution in [-0.4, -0.2) is 59.1 Å². The van der Waals surface area contributed by atoms with Gasteiger partial charge in [0.25, 0.3) is 0 Å². The molecule has 0 spiro atoms. The van der Waals surface area contributed by atoms with Gasteiger partial charge in [0.1, 0.15) is 12.2 Å². The summed E-state index contributed by atoms with van der Waals surface area (Å²) in [6.45, 7) is 4.93. The average molecular weight is 308 g/mol. The predicted octanol–water partition coefficient (Wildman–Crippen LogP) is 0.258. The minimum absolute atomic E-state index is 0.0717. The molecule has 0 aliphatic carbocycles. The van der Waals surface area contributed by atoms with Crippen molar-refractivity contribution < 1.29 is 9.53 Å². The molecule has 122 valence electrons. The van der Waals surface area contributed by atoms with Crippen molar-refractivity contribution in [3.8, 4) is 0 Å². The quantitative estimate of drug-likeness (QED) is 0.488. The summed E-state index contributed by atoms with van der Waals surface area (Å²) in [5, 5.41) is 11.2. The van der Waals surface area contributed by atoms with Gasteiger partial charge in [0.05, 0.1) is 19.9 Å². The molecule has 1 aromatic heterocycles. The van der Waals surface area contributed by atoms with Crippen LogP contribution < -0.4 is 5.32 Å². The van der Waals surface area contributed by atoms with Gasteiger partial charge in [0, 0.05) is 20.1 Å². The predicted molar refractivity (Wildman–Crippen MR) is 82.2 cm³/mol. The summed E-state index contributed by atoms with van der Waals surface area (Å²) >= 11 is 0. The number of hydrogen-bond donors (Lipinski definition) is 1. The number of hydrogen-bond acceptors (Lipinski definition) is 5. The number of nitrogens with zero attached hydrogens (tertiary/aromatic N) is 5. The Bertz CT molecular complexity index is 519. The van der Waals surface area contributed by atoms with E-state index >= 15 is 0 Å². The number of aliphatic imine (C=N–C) groups is 1. The highest BCUT2D eigenvalue weighted by Gasteiger charge is 2.18. The molecular formula is C14H24N6O2. The van der Waals surface area contributed by atoms with Crippen LogP contribution in [0.4, 0.5) is 0 Å². The van der Waals surface area contributed by atoms with Crippen molar-refractivity contribution in [2.45, 2.75) is 32.9 Å². The van der Waals surface area contributed by atoms with E-state index in [1.54, 1.807) is 13.2 Å². The van der Waals surface area contributed by atoms with E-state index in [0.717, 1.165) is 30.7 Å². The number of piperidine rings is 1. The molecule has 0 radical (unpaired) electrons. The van der Waals surface area contributed by atoms with E-state index < -0.39 is 0 Å². The second-order valence-electron chi connectivity index (χ2n) is 5.55. The van der Waals surface area contributed by atoms with Crippen LogP contribution in [0.3, 0.4) is 0 Å². The summed E-state index contributed by atoms with van der Waals surface area (Å²) in [5.41, 5.74) is 0.760. The van der Waals surface area contributed by atoms with Crippen molar-refractivity contribution in [3.05, 3.63) is 11.9 Å². The maximum Gasteiger partial charge on any atom is 0.327 e. The highest BCUT2D eigenvalue weighted by atomic mass is 16.5. The molecule has 0 amide bonds. The minimum Gasteiger partial charge on any atom is -0.468 e. The summed E-state index contributed by atoms with van der Waals surface area (Å²) < 4.78 is 6.06. The lowest BCUT2D eigenvalue weighted by atomic mass is 10.00. The van der Waals surface area contributed by atoms with Crippen molar-refractivity contribution in [2.24, 2.45) is 10.9 Å². The number of aromatic nitrogens is 3. The number of ether oxygens (including phenoxy) is 1. The molecular weight excluding hydrogens is 284 g/mol. The maximum absolute atomic E-state index is 11.2. The lowest BCUT2D eigenvalue weighted by molar-refractivity contribution is -0.141. The fraction of sp³-hybridized carbons (Fsp3) is 0.714. The Balaban J connectivity index is 1.84. The summed E-state index contributed by atoms with van der Waals surface area (Å²) in [7, 11) is 3.14. The first-order chi connectivity index (χ1) is 10.6. The van der Waals surface area contributed by atoms with E-state index in [-0.39, 0.29) is 12.5 Å². The molecule has 0 bridgehead atoms. The molecule has 8 heteroatoms. The molecule has 1 aliphatic heterocycles. The average Bonchev–Trinajstić information content (AvgIpc) is 2.97. The lowest BCUT2D eigenvalue weighted by Gasteiger charge is -2.32. The third-order valence-electron chi connectivity index (χ3n) is 3.83. The van der Waals surface area contributed by atoms with Crippen molar-refractivity contribution in [2.75, 3.05) is 27.2 Å². The van der Waals surface area contributed by atoms with E-state index in [4.69, 9.17) is 0 Å². The summed E-state index contributed by atoms with van der Waals surface area (Å²) in [6, 6.07) is 0. The van der Waals surface area contributed by atoms with Crippen molar-refractivity contribution in [1.82, 2.24) is 25.2 Å². The van der Waals surface area contributed by atoms with Gasteiger partial charge >= 0.3 is 5.97 Å². The standard InChI is InChI=1S/C14H24N6O2/c1-11-4-6-19(7-5-11)14(15-2)16-8-12-9-20(18-17-12)10-13(21)22-3/h9,11H,4-8,10H2,1-3H3,(H,15,16). The zero-order valence-corrected chi connectivity index (χ0v) is 13.4. The third-order valence-corrected chi connectivity index (χ3v) is 3.83. The lowest BCUT2D eigenvalue weighted by Crippen LogP contribution is -2.45. The highest BCUT2D eigenvalue weighted by Crippen LogP contribution is 2.15. The smallest absolute Gasteiger partial charge is 0.327 e. The van der Waals surface area contributed by atoms with E-state index in [2.05, 4.69) is 37.2 Å². The molecule has 1 aromatic rings. The van der Waals surface area contributed by atoms with Gasteiger partial charge in [0.2, 0.25) is 0 Å². The number of guanidine groups is 1. The van der Waals surface area contributed by atoms with Gasteiger partial charge in [-0.2, -0.15) is 0 Å². The number of likely N-dealkylation sites (tertiary alicyclic amines) is 1. The molecule has 1 fully saturated rings. The van der Waals surface area contributed by atoms with Crippen LogP contribution in [0.1, 0.15) is 25.5 Å². The number of nitrogens with one attached hydrogen (secondary N) is 1. The molecule has 2 rings (SSSR count). The monoisotopic (exact) mass is 308 g/mol. The summed E-state index contributed by atoms with van der Waals surface area (Å²) in [4.78, 5) is 17.8. The summed E-state index contributed by atoms with van der Waals surface area (Å²) in [6.07, 6.45) is 4.11. The van der Waals surface area contributed by atoms with E-state index in [1.807, 2.05) is 0 Å². The molecule has 1 aliphatic rings. The summed E-state index contributed by atoms with van der Waals surface area (Å²) in [5.74, 6) is 1.32. The number of rotatable bonds is 4. The van der Waals surface area contributed by atoms with Crippen LogP contribution in [0.25, 0.3) is 0 Å². The van der Waals surface area contributed by atoms with Crippen LogP contribution in [0.15, 0.2) is 11.2 Å². The molecule has 1 saturated heterocycles. The molecule has 22 heavy (non-hydrogen) atoms. The first-order valence-electron chi connectivity index (χ1n) is 7.53. The number of carbonyl (C=O) groups excluding carboxylic acids is 1. The zero-order chi connectivity index (χ0) is 15.9.